The van der Waals surface area contributed by atoms with E-state index in [0.717, 1.165) is 24.1 Å². The average Bonchev–Trinajstić information content (AvgIpc) is 2.62. The van der Waals surface area contributed by atoms with Crippen LogP contribution < -0.4 is 11.1 Å². The number of hydrogen-bond acceptors (Lipinski definition) is 3. The number of carbonyl (C=O) groups is 1. The van der Waals surface area contributed by atoms with Crippen LogP contribution in [0.2, 0.25) is 0 Å². The number of aryl methyl sites for hydroxylation is 1. The molecule has 0 atom stereocenters. The molecule has 1 heterocycles. The zero-order valence-corrected chi connectivity index (χ0v) is 11.2. The first-order valence-corrected chi connectivity index (χ1v) is 6.50. The van der Waals surface area contributed by atoms with Gasteiger partial charge in [0.05, 0.1) is 6.20 Å². The van der Waals surface area contributed by atoms with E-state index in [1.807, 2.05) is 18.7 Å². The van der Waals surface area contributed by atoms with E-state index >= 15 is 0 Å². The van der Waals surface area contributed by atoms with Crippen LogP contribution in [0.4, 0.5) is 0 Å². The van der Waals surface area contributed by atoms with Crippen molar-refractivity contribution in [2.45, 2.75) is 39.2 Å². The molecule has 18 heavy (non-hydrogen) atoms. The van der Waals surface area contributed by atoms with Crippen LogP contribution in [0.25, 0.3) is 0 Å². The van der Waals surface area contributed by atoms with Gasteiger partial charge in [-0.2, -0.15) is 5.10 Å². The third-order valence-corrected chi connectivity index (χ3v) is 4.20. The number of rotatable bonds is 5. The molecule has 0 spiro atoms. The largest absolute Gasteiger partial charge is 0.352 e. The van der Waals surface area contributed by atoms with E-state index in [2.05, 4.69) is 10.4 Å². The molecule has 5 nitrogen and oxygen atoms in total. The van der Waals surface area contributed by atoms with Gasteiger partial charge in [-0.05, 0) is 31.7 Å². The summed E-state index contributed by atoms with van der Waals surface area (Å²) in [6.07, 6.45) is 5.73. The van der Waals surface area contributed by atoms with Crippen LogP contribution in [-0.2, 0) is 18.4 Å². The number of hydrogen-bond donors (Lipinski definition) is 2. The summed E-state index contributed by atoms with van der Waals surface area (Å²) in [5, 5.41) is 7.12. The highest BCUT2D eigenvalue weighted by atomic mass is 16.1. The fourth-order valence-electron chi connectivity index (χ4n) is 2.44. The van der Waals surface area contributed by atoms with Crippen molar-refractivity contribution >= 4 is 5.91 Å². The number of nitrogens with one attached hydrogen (secondary N) is 1. The third-order valence-electron chi connectivity index (χ3n) is 4.20. The minimum atomic E-state index is 0.0774. The van der Waals surface area contributed by atoms with Crippen molar-refractivity contribution in [1.82, 2.24) is 15.1 Å². The van der Waals surface area contributed by atoms with Gasteiger partial charge in [0, 0.05) is 31.3 Å². The molecule has 0 bridgehead atoms. The van der Waals surface area contributed by atoms with E-state index in [1.165, 1.54) is 6.42 Å². The SMILES string of the molecule is Cc1c(CNC(=O)CC2(CN)CCC2)cnn1C. The highest BCUT2D eigenvalue weighted by Crippen LogP contribution is 2.42. The van der Waals surface area contributed by atoms with E-state index in [0.29, 0.717) is 19.5 Å². The average molecular weight is 250 g/mol. The highest BCUT2D eigenvalue weighted by Gasteiger charge is 2.37. The molecular weight excluding hydrogens is 228 g/mol. The lowest BCUT2D eigenvalue weighted by Crippen LogP contribution is -2.41. The Balaban J connectivity index is 1.83. The van der Waals surface area contributed by atoms with Crippen LogP contribution in [0, 0.1) is 12.3 Å². The molecule has 0 radical (unpaired) electrons. The van der Waals surface area contributed by atoms with Crippen molar-refractivity contribution in [3.8, 4) is 0 Å². The summed E-state index contributed by atoms with van der Waals surface area (Å²) in [6.45, 7) is 3.17. The predicted molar refractivity (Wildman–Crippen MR) is 69.7 cm³/mol. The second-order valence-corrected chi connectivity index (χ2v) is 5.39. The maximum absolute atomic E-state index is 11.9. The topological polar surface area (TPSA) is 72.9 Å². The van der Waals surface area contributed by atoms with Gasteiger partial charge >= 0.3 is 0 Å². The molecule has 3 N–H and O–H groups in total. The van der Waals surface area contributed by atoms with E-state index in [4.69, 9.17) is 5.73 Å². The lowest BCUT2D eigenvalue weighted by molar-refractivity contribution is -0.124. The first-order chi connectivity index (χ1) is 8.56. The van der Waals surface area contributed by atoms with Gasteiger partial charge in [0.2, 0.25) is 5.91 Å². The maximum atomic E-state index is 11.9. The summed E-state index contributed by atoms with van der Waals surface area (Å²) < 4.78 is 1.81. The van der Waals surface area contributed by atoms with Gasteiger partial charge in [-0.3, -0.25) is 9.48 Å². The Bertz CT molecular complexity index is 429. The summed E-state index contributed by atoms with van der Waals surface area (Å²) in [4.78, 5) is 11.9. The van der Waals surface area contributed by atoms with Gasteiger partial charge in [-0.15, -0.1) is 0 Å². The smallest absolute Gasteiger partial charge is 0.220 e. The molecule has 0 aliphatic heterocycles. The first kappa shape index (κ1) is 13.1. The Morgan fingerprint density at radius 2 is 2.33 bits per heavy atom. The number of amides is 1. The molecule has 5 heteroatoms. The molecule has 1 saturated carbocycles. The van der Waals surface area contributed by atoms with Crippen LogP contribution in [0.1, 0.15) is 36.9 Å². The predicted octanol–water partition coefficient (Wildman–Crippen LogP) is 0.864. The number of nitrogens with two attached hydrogens (primary N) is 1. The third kappa shape index (κ3) is 2.56. The summed E-state index contributed by atoms with van der Waals surface area (Å²) in [5.41, 5.74) is 8.00. The van der Waals surface area contributed by atoms with Crippen molar-refractivity contribution in [3.05, 3.63) is 17.5 Å². The Labute approximate surface area is 108 Å². The molecule has 1 aliphatic rings. The van der Waals surface area contributed by atoms with Crippen molar-refractivity contribution in [3.63, 3.8) is 0 Å². The van der Waals surface area contributed by atoms with E-state index in [9.17, 15) is 4.79 Å². The Morgan fingerprint density at radius 1 is 1.61 bits per heavy atom. The molecule has 100 valence electrons. The lowest BCUT2D eigenvalue weighted by Gasteiger charge is -2.40. The van der Waals surface area contributed by atoms with E-state index in [-0.39, 0.29) is 11.3 Å². The Hall–Kier alpha value is -1.36. The molecule has 1 aromatic heterocycles. The Morgan fingerprint density at radius 3 is 2.78 bits per heavy atom. The molecular formula is C13H22N4O. The van der Waals surface area contributed by atoms with Gasteiger partial charge in [0.25, 0.3) is 0 Å². The molecule has 0 unspecified atom stereocenters. The highest BCUT2D eigenvalue weighted by molar-refractivity contribution is 5.76. The minimum Gasteiger partial charge on any atom is -0.352 e. The maximum Gasteiger partial charge on any atom is 0.220 e. The molecule has 0 aromatic carbocycles. The summed E-state index contributed by atoms with van der Waals surface area (Å²) in [7, 11) is 1.90. The monoisotopic (exact) mass is 250 g/mol. The Kier molecular flexibility index (Phi) is 3.71. The fraction of sp³-hybridized carbons (Fsp3) is 0.692. The van der Waals surface area contributed by atoms with Gasteiger partial charge in [-0.1, -0.05) is 6.42 Å². The normalized spacial score (nSPS) is 17.3. The van der Waals surface area contributed by atoms with Crippen molar-refractivity contribution < 1.29 is 4.79 Å². The molecule has 1 amide bonds. The van der Waals surface area contributed by atoms with E-state index in [1.54, 1.807) is 6.20 Å². The first-order valence-electron chi connectivity index (χ1n) is 6.50. The zero-order valence-electron chi connectivity index (χ0n) is 11.2. The van der Waals surface area contributed by atoms with Crippen LogP contribution in [0.15, 0.2) is 6.20 Å². The summed E-state index contributed by atoms with van der Waals surface area (Å²) in [6, 6.07) is 0. The molecule has 1 aromatic rings. The number of carbonyl (C=O) groups excluding carboxylic acids is 1. The van der Waals surface area contributed by atoms with Crippen LogP contribution in [0.3, 0.4) is 0 Å². The van der Waals surface area contributed by atoms with Crippen LogP contribution in [-0.4, -0.2) is 22.2 Å². The second kappa shape index (κ2) is 5.10. The number of nitrogens with zero attached hydrogens (tertiary/aromatic N) is 2. The second-order valence-electron chi connectivity index (χ2n) is 5.39. The standard InChI is InChI=1S/C13H22N4O/c1-10-11(8-16-17(10)2)7-15-12(18)6-13(9-14)4-3-5-13/h8H,3-7,9,14H2,1-2H3,(H,15,18). The van der Waals surface area contributed by atoms with Crippen molar-refractivity contribution in [1.29, 1.82) is 0 Å². The number of aromatic nitrogens is 2. The quantitative estimate of drug-likeness (QED) is 0.814. The van der Waals surface area contributed by atoms with Crippen LogP contribution >= 0.6 is 0 Å². The van der Waals surface area contributed by atoms with Crippen molar-refractivity contribution in [2.75, 3.05) is 6.54 Å². The summed E-state index contributed by atoms with van der Waals surface area (Å²) in [5.74, 6) is 0.100. The molecule has 1 aliphatic carbocycles. The zero-order chi connectivity index (χ0) is 13.2. The van der Waals surface area contributed by atoms with Crippen molar-refractivity contribution in [2.24, 2.45) is 18.2 Å². The summed E-state index contributed by atoms with van der Waals surface area (Å²) >= 11 is 0. The van der Waals surface area contributed by atoms with Gasteiger partial charge in [0.1, 0.15) is 0 Å². The van der Waals surface area contributed by atoms with Gasteiger partial charge in [-0.25, -0.2) is 0 Å². The lowest BCUT2D eigenvalue weighted by atomic mass is 9.66. The fourth-order valence-corrected chi connectivity index (χ4v) is 2.44. The molecule has 1 fully saturated rings. The molecule has 0 saturated heterocycles. The van der Waals surface area contributed by atoms with E-state index < -0.39 is 0 Å². The van der Waals surface area contributed by atoms with Gasteiger partial charge < -0.3 is 11.1 Å². The van der Waals surface area contributed by atoms with Gasteiger partial charge in [0.15, 0.2) is 0 Å². The minimum absolute atomic E-state index is 0.0774. The van der Waals surface area contributed by atoms with Crippen LogP contribution in [0.5, 0.6) is 0 Å². The molecule has 2 rings (SSSR count).